The Morgan fingerprint density at radius 3 is 2.13 bits per heavy atom. The number of aromatic carboxylic acids is 1. The van der Waals surface area contributed by atoms with Gasteiger partial charge in [0.15, 0.2) is 8.32 Å². The van der Waals surface area contributed by atoms with E-state index in [1.807, 2.05) is 68.1 Å². The van der Waals surface area contributed by atoms with Crippen LogP contribution in [0.5, 0.6) is 5.75 Å². The lowest BCUT2D eigenvalue weighted by atomic mass is 10.0. The van der Waals surface area contributed by atoms with Crippen molar-refractivity contribution in [2.45, 2.75) is 103 Å². The van der Waals surface area contributed by atoms with Gasteiger partial charge in [-0.25, -0.2) is 9.59 Å². The number of nitrogens with zero attached hydrogens (tertiary/aromatic N) is 1. The molecular weight excluding hydrogens is 510 g/mol. The first kappa shape index (κ1) is 30.7. The molecule has 1 aliphatic heterocycles. The molecule has 1 aliphatic rings. The Bertz CT molecular complexity index is 1100. The predicted molar refractivity (Wildman–Crippen MR) is 156 cm³/mol. The number of carbonyl (C=O) groups excluding carboxylic acids is 1. The Labute approximate surface area is 234 Å². The molecule has 3 atom stereocenters. The molecule has 0 aliphatic carbocycles. The van der Waals surface area contributed by atoms with Crippen LogP contribution in [0, 0.1) is 0 Å². The third kappa shape index (κ3) is 8.32. The lowest BCUT2D eigenvalue weighted by Crippen LogP contribution is -2.55. The number of para-hydroxylation sites is 1. The lowest BCUT2D eigenvalue weighted by Gasteiger charge is -2.43. The first-order valence-electron chi connectivity index (χ1n) is 13.8. The number of carboxylic acid groups (broad SMARTS) is 1. The van der Waals surface area contributed by atoms with E-state index in [1.165, 1.54) is 0 Å². The Morgan fingerprint density at radius 2 is 1.59 bits per heavy atom. The normalized spacial score (nSPS) is 19.0. The summed E-state index contributed by atoms with van der Waals surface area (Å²) >= 11 is 0. The van der Waals surface area contributed by atoms with Crippen LogP contribution < -0.4 is 4.74 Å². The third-order valence-corrected chi connectivity index (χ3v) is 12.2. The number of likely N-dealkylation sites (tertiary alicyclic amines) is 1. The summed E-state index contributed by atoms with van der Waals surface area (Å²) in [6.07, 6.45) is 1.45. The molecule has 2 aromatic carbocycles. The van der Waals surface area contributed by atoms with Crippen molar-refractivity contribution in [3.63, 3.8) is 0 Å². The summed E-state index contributed by atoms with van der Waals surface area (Å²) in [6, 6.07) is 16.2. The van der Waals surface area contributed by atoms with Crippen molar-refractivity contribution in [2.24, 2.45) is 0 Å². The monoisotopic (exact) mass is 555 g/mol. The average Bonchev–Trinajstić information content (AvgIpc) is 3.24. The molecular formula is C31H45NO6Si. The second-order valence-corrected chi connectivity index (χ2v) is 17.7. The first-order valence-corrected chi connectivity index (χ1v) is 16.7. The van der Waals surface area contributed by atoms with E-state index in [-0.39, 0.29) is 34.9 Å². The van der Waals surface area contributed by atoms with Gasteiger partial charge in [0, 0.05) is 6.04 Å². The minimum absolute atomic E-state index is 0.0152. The van der Waals surface area contributed by atoms with Crippen LogP contribution in [0.15, 0.2) is 54.6 Å². The molecule has 7 nitrogen and oxygen atoms in total. The Morgan fingerprint density at radius 1 is 0.974 bits per heavy atom. The van der Waals surface area contributed by atoms with Crippen LogP contribution >= 0.6 is 0 Å². The molecule has 39 heavy (non-hydrogen) atoms. The van der Waals surface area contributed by atoms with Gasteiger partial charge in [0.1, 0.15) is 18.0 Å². The molecule has 1 saturated heterocycles. The number of carbonyl (C=O) groups is 2. The molecule has 214 valence electrons. The fourth-order valence-electron chi connectivity index (χ4n) is 4.61. The van der Waals surface area contributed by atoms with E-state index in [0.29, 0.717) is 13.0 Å². The minimum Gasteiger partial charge on any atom is -0.491 e. The number of benzene rings is 2. The minimum atomic E-state index is -2.21. The number of hydrogen-bond acceptors (Lipinski definition) is 5. The van der Waals surface area contributed by atoms with Crippen molar-refractivity contribution in [1.29, 1.82) is 0 Å². The second-order valence-electron chi connectivity index (χ2n) is 12.9. The molecule has 2 aromatic rings. The Balaban J connectivity index is 1.93. The number of rotatable bonds is 9. The van der Waals surface area contributed by atoms with Crippen LogP contribution in [-0.2, 0) is 15.6 Å². The van der Waals surface area contributed by atoms with Gasteiger partial charge in [0.25, 0.3) is 0 Å². The average molecular weight is 556 g/mol. The van der Waals surface area contributed by atoms with Crippen LogP contribution in [0.4, 0.5) is 4.79 Å². The van der Waals surface area contributed by atoms with Crippen LogP contribution in [-0.4, -0.2) is 60.8 Å². The van der Waals surface area contributed by atoms with E-state index in [0.717, 1.165) is 24.2 Å². The quantitative estimate of drug-likeness (QED) is 0.330. The van der Waals surface area contributed by atoms with Crippen LogP contribution in [0.3, 0.4) is 0 Å². The maximum Gasteiger partial charge on any atom is 0.410 e. The van der Waals surface area contributed by atoms with Crippen LogP contribution in [0.25, 0.3) is 0 Å². The highest BCUT2D eigenvalue weighted by atomic mass is 28.4. The van der Waals surface area contributed by atoms with Crippen molar-refractivity contribution in [2.75, 3.05) is 6.61 Å². The highest BCUT2D eigenvalue weighted by Gasteiger charge is 2.47. The number of amides is 1. The highest BCUT2D eigenvalue weighted by Crippen LogP contribution is 2.40. The third-order valence-electron chi connectivity index (χ3n) is 7.66. The molecule has 1 amide bonds. The predicted octanol–water partition coefficient (Wildman–Crippen LogP) is 7.16. The molecule has 0 spiro atoms. The van der Waals surface area contributed by atoms with Crippen molar-refractivity contribution in [3.05, 3.63) is 65.7 Å². The second kappa shape index (κ2) is 12.1. The lowest BCUT2D eigenvalue weighted by molar-refractivity contribution is -0.00945. The van der Waals surface area contributed by atoms with Gasteiger partial charge >= 0.3 is 12.1 Å². The van der Waals surface area contributed by atoms with Gasteiger partial charge in [-0.05, 0) is 88.0 Å². The molecule has 0 aromatic heterocycles. The number of ether oxygens (including phenoxy) is 2. The summed E-state index contributed by atoms with van der Waals surface area (Å²) < 4.78 is 19.1. The SMILES string of the molecule is CC(C)(C)OC(=O)N1[C@H](Cc2ccc(C(=O)O)cc2)CC[C@@H]1[C@@H](COc1ccccc1)O[Si](C)(C)C(C)(C)C. The topological polar surface area (TPSA) is 85.3 Å². The smallest absolute Gasteiger partial charge is 0.410 e. The van der Waals surface area contributed by atoms with Gasteiger partial charge in [-0.3, -0.25) is 4.90 Å². The molecule has 3 rings (SSSR count). The van der Waals surface area contributed by atoms with Crippen LogP contribution in [0.1, 0.15) is 70.3 Å². The van der Waals surface area contributed by atoms with E-state index < -0.39 is 19.9 Å². The molecule has 0 radical (unpaired) electrons. The Kier molecular flexibility index (Phi) is 9.54. The summed E-state index contributed by atoms with van der Waals surface area (Å²) in [7, 11) is -2.21. The molecule has 0 unspecified atom stereocenters. The van der Waals surface area contributed by atoms with E-state index in [1.54, 1.807) is 12.1 Å². The zero-order chi connectivity index (χ0) is 29.0. The summed E-state index contributed by atoms with van der Waals surface area (Å²) in [5, 5.41) is 9.25. The summed E-state index contributed by atoms with van der Waals surface area (Å²) in [6.45, 7) is 17.0. The van der Waals surface area contributed by atoms with Gasteiger partial charge in [0.05, 0.1) is 17.7 Å². The molecule has 0 bridgehead atoms. The van der Waals surface area contributed by atoms with Crippen molar-refractivity contribution in [3.8, 4) is 5.75 Å². The van der Waals surface area contributed by atoms with Crippen molar-refractivity contribution < 1.29 is 28.6 Å². The van der Waals surface area contributed by atoms with E-state index in [9.17, 15) is 14.7 Å². The fourth-order valence-corrected chi connectivity index (χ4v) is 5.94. The van der Waals surface area contributed by atoms with E-state index in [2.05, 4.69) is 33.9 Å². The van der Waals surface area contributed by atoms with Crippen molar-refractivity contribution >= 4 is 20.4 Å². The highest BCUT2D eigenvalue weighted by molar-refractivity contribution is 6.74. The maximum atomic E-state index is 13.7. The maximum absolute atomic E-state index is 13.7. The zero-order valence-corrected chi connectivity index (χ0v) is 25.7. The van der Waals surface area contributed by atoms with Gasteiger partial charge in [-0.1, -0.05) is 51.1 Å². The molecule has 1 fully saturated rings. The molecule has 8 heteroatoms. The van der Waals surface area contributed by atoms with Crippen LogP contribution in [0.2, 0.25) is 18.1 Å². The fraction of sp³-hybridized carbons (Fsp3) is 0.548. The standard InChI is InChI=1S/C31H45NO6Si/c1-30(2,3)37-29(35)32-24(20-22-14-16-23(17-15-22)28(33)34)18-19-26(32)27(38-39(7,8)31(4,5)6)21-36-25-12-10-9-11-13-25/h9-17,24,26-27H,18-21H2,1-8H3,(H,33,34)/t24-,26+,27+/m0/s1. The molecule has 1 heterocycles. The zero-order valence-electron chi connectivity index (χ0n) is 24.7. The van der Waals surface area contributed by atoms with Gasteiger partial charge in [-0.15, -0.1) is 0 Å². The van der Waals surface area contributed by atoms with Crippen molar-refractivity contribution in [1.82, 2.24) is 4.90 Å². The van der Waals surface area contributed by atoms with E-state index in [4.69, 9.17) is 13.9 Å². The molecule has 1 N–H and O–H groups in total. The Hall–Kier alpha value is -2.84. The van der Waals surface area contributed by atoms with Gasteiger partial charge < -0.3 is 19.0 Å². The largest absolute Gasteiger partial charge is 0.491 e. The van der Waals surface area contributed by atoms with Gasteiger partial charge in [0.2, 0.25) is 0 Å². The number of hydrogen-bond donors (Lipinski definition) is 1. The summed E-state index contributed by atoms with van der Waals surface area (Å²) in [5.74, 6) is -0.194. The molecule has 0 saturated carbocycles. The summed E-state index contributed by atoms with van der Waals surface area (Å²) in [5.41, 5.74) is 0.573. The first-order chi connectivity index (χ1) is 18.1. The number of carboxylic acids is 1. The summed E-state index contributed by atoms with van der Waals surface area (Å²) in [4.78, 5) is 26.9. The van der Waals surface area contributed by atoms with E-state index >= 15 is 0 Å². The van der Waals surface area contributed by atoms with Gasteiger partial charge in [-0.2, -0.15) is 0 Å².